The Labute approximate surface area is 178 Å². The van der Waals surface area contributed by atoms with Crippen molar-refractivity contribution in [3.63, 3.8) is 0 Å². The van der Waals surface area contributed by atoms with Gasteiger partial charge in [-0.2, -0.15) is 0 Å². The lowest BCUT2D eigenvalue weighted by molar-refractivity contribution is 0.824. The predicted molar refractivity (Wildman–Crippen MR) is 127 cm³/mol. The summed E-state index contributed by atoms with van der Waals surface area (Å²) in [5.41, 5.74) is 8.03. The monoisotopic (exact) mass is 388 g/mol. The van der Waals surface area contributed by atoms with Crippen LogP contribution in [-0.4, -0.2) is 0 Å². The Morgan fingerprint density at radius 1 is 0.586 bits per heavy atom. The second-order valence-corrected chi connectivity index (χ2v) is 9.16. The third-order valence-corrected chi connectivity index (χ3v) is 5.75. The molecular formula is C27H36N2. The molecule has 1 atom stereocenters. The highest BCUT2D eigenvalue weighted by Crippen LogP contribution is 2.41. The van der Waals surface area contributed by atoms with Crippen molar-refractivity contribution in [1.82, 2.24) is 0 Å². The number of rotatable bonds is 6. The second-order valence-electron chi connectivity index (χ2n) is 9.16. The fourth-order valence-corrected chi connectivity index (χ4v) is 4.17. The van der Waals surface area contributed by atoms with Gasteiger partial charge in [0.2, 0.25) is 0 Å². The van der Waals surface area contributed by atoms with Gasteiger partial charge in [0.05, 0.1) is 0 Å². The van der Waals surface area contributed by atoms with E-state index >= 15 is 0 Å². The molecule has 0 fully saturated rings. The maximum absolute atomic E-state index is 4.31. The smallest absolute Gasteiger partial charge is 0.150 e. The van der Waals surface area contributed by atoms with E-state index < -0.39 is 0 Å². The lowest BCUT2D eigenvalue weighted by Gasteiger charge is -2.30. The predicted octanol–water partition coefficient (Wildman–Crippen LogP) is 7.91. The Morgan fingerprint density at radius 2 is 0.931 bits per heavy atom. The Balaban J connectivity index is 2.05. The molecule has 154 valence electrons. The van der Waals surface area contributed by atoms with Crippen LogP contribution < -0.4 is 9.80 Å². The molecule has 1 unspecified atom stereocenters. The average Bonchev–Trinajstić information content (AvgIpc) is 3.15. The molecule has 3 rings (SSSR count). The van der Waals surface area contributed by atoms with Crippen LogP contribution in [0.1, 0.15) is 94.4 Å². The topological polar surface area (TPSA) is 6.48 Å². The number of para-hydroxylation sites is 2. The lowest BCUT2D eigenvalue weighted by atomic mass is 9.91. The highest BCUT2D eigenvalue weighted by atomic mass is 15.3. The summed E-state index contributed by atoms with van der Waals surface area (Å²) in [6.07, 6.45) is 4.38. The van der Waals surface area contributed by atoms with E-state index in [1.807, 2.05) is 0 Å². The molecule has 1 aliphatic heterocycles. The van der Waals surface area contributed by atoms with Crippen molar-refractivity contribution in [1.29, 1.82) is 0 Å². The summed E-state index contributed by atoms with van der Waals surface area (Å²) in [5, 5.41) is 0. The third kappa shape index (κ3) is 4.22. The zero-order valence-corrected chi connectivity index (χ0v) is 19.1. The van der Waals surface area contributed by atoms with Crippen LogP contribution in [0.25, 0.3) is 0 Å². The summed E-state index contributed by atoms with van der Waals surface area (Å²) in [7, 11) is 0. The van der Waals surface area contributed by atoms with E-state index in [0.717, 1.165) is 0 Å². The van der Waals surface area contributed by atoms with Crippen molar-refractivity contribution in [2.75, 3.05) is 9.80 Å². The minimum absolute atomic E-state index is 0.230. The van der Waals surface area contributed by atoms with Gasteiger partial charge in [0.15, 0.2) is 6.67 Å². The first-order valence-electron chi connectivity index (χ1n) is 10.9. The van der Waals surface area contributed by atoms with Crippen LogP contribution in [-0.2, 0) is 0 Å². The standard InChI is InChI=1S/C27H36N2/c1-18(2)22-11-9-12-23(19(3)4)26(22)28-15-16-29(17-28)27-24(20(5)6)13-10-14-25(27)21(7)8/h9-21H,1H2,2-8H3. The molecule has 2 aromatic rings. The molecule has 2 nitrogen and oxygen atoms in total. The van der Waals surface area contributed by atoms with Crippen LogP contribution in [0.5, 0.6) is 0 Å². The molecule has 0 N–H and O–H groups in total. The second kappa shape index (κ2) is 8.65. The first-order valence-corrected chi connectivity index (χ1v) is 10.9. The Bertz CT molecular complexity index is 750. The highest BCUT2D eigenvalue weighted by molar-refractivity contribution is 5.73. The summed E-state index contributed by atoms with van der Waals surface area (Å²) in [5.74, 6) is 1.62. The largest absolute Gasteiger partial charge is 0.321 e. The van der Waals surface area contributed by atoms with Crippen LogP contribution in [0.4, 0.5) is 11.4 Å². The molecule has 29 heavy (non-hydrogen) atoms. The van der Waals surface area contributed by atoms with E-state index in [0.29, 0.717) is 17.8 Å². The van der Waals surface area contributed by atoms with Gasteiger partial charge in [-0.3, -0.25) is 0 Å². The van der Waals surface area contributed by atoms with Gasteiger partial charge >= 0.3 is 0 Å². The summed E-state index contributed by atoms with van der Waals surface area (Å²) in [4.78, 5) is 4.59. The van der Waals surface area contributed by atoms with Crippen molar-refractivity contribution in [2.24, 2.45) is 0 Å². The van der Waals surface area contributed by atoms with Gasteiger partial charge < -0.3 is 9.80 Å². The molecule has 0 saturated carbocycles. The number of anilines is 2. The molecule has 0 spiro atoms. The molecule has 0 aromatic heterocycles. The quantitative estimate of drug-likeness (QED) is 0.496. The Morgan fingerprint density at radius 3 is 1.28 bits per heavy atom. The van der Waals surface area contributed by atoms with Crippen LogP contribution in [0.2, 0.25) is 0 Å². The molecule has 1 heterocycles. The van der Waals surface area contributed by atoms with Gasteiger partial charge in [-0.05, 0) is 52.8 Å². The normalized spacial score (nSPS) is 14.3. The van der Waals surface area contributed by atoms with Crippen LogP contribution in [0.15, 0.2) is 48.8 Å². The van der Waals surface area contributed by atoms with Crippen LogP contribution >= 0.6 is 0 Å². The van der Waals surface area contributed by atoms with Crippen molar-refractivity contribution >= 4 is 11.4 Å². The fourth-order valence-electron chi connectivity index (χ4n) is 4.17. The number of hydrogen-bond donors (Lipinski definition) is 0. The van der Waals surface area contributed by atoms with Gasteiger partial charge in [-0.1, -0.05) is 84.9 Å². The summed E-state index contributed by atoms with van der Waals surface area (Å²) >= 11 is 0. The summed E-state index contributed by atoms with van der Waals surface area (Å²) < 4.78 is 0. The highest BCUT2D eigenvalue weighted by Gasteiger charge is 2.26. The molecule has 1 aliphatic rings. The fraction of sp³-hybridized carbons (Fsp3) is 0.407. The third-order valence-electron chi connectivity index (χ3n) is 5.75. The Hall–Kier alpha value is -2.22. The first-order chi connectivity index (χ1) is 13.7. The van der Waals surface area contributed by atoms with Crippen LogP contribution in [0.3, 0.4) is 0 Å². The number of nitrogens with zero attached hydrogens (tertiary/aromatic N) is 2. The van der Waals surface area contributed by atoms with Gasteiger partial charge in [0.25, 0.3) is 0 Å². The molecular weight excluding hydrogens is 352 g/mol. The molecule has 2 heteroatoms. The Kier molecular flexibility index (Phi) is 6.41. The molecule has 0 amide bonds. The maximum Gasteiger partial charge on any atom is 0.150 e. The molecule has 0 saturated heterocycles. The average molecular weight is 389 g/mol. The van der Waals surface area contributed by atoms with E-state index in [1.165, 1.54) is 33.6 Å². The van der Waals surface area contributed by atoms with E-state index in [2.05, 4.69) is 121 Å². The van der Waals surface area contributed by atoms with Gasteiger partial charge in [-0.25, -0.2) is 0 Å². The maximum atomic E-state index is 4.31. The number of benzene rings is 2. The van der Waals surface area contributed by atoms with E-state index in [-0.39, 0.29) is 5.92 Å². The molecule has 0 aliphatic carbocycles. The van der Waals surface area contributed by atoms with Gasteiger partial charge in [-0.15, -0.1) is 0 Å². The summed E-state index contributed by atoms with van der Waals surface area (Å²) in [6.45, 7) is 22.3. The zero-order chi connectivity index (χ0) is 21.3. The van der Waals surface area contributed by atoms with Crippen molar-refractivity contribution in [2.45, 2.75) is 72.1 Å². The SMILES string of the molecule is [CH2]C(C)c1cccc(C(C)C)c1N1[CH]N(c2c(C(C)C)cccc2C(C)C)C=C1. The van der Waals surface area contributed by atoms with Crippen molar-refractivity contribution in [3.05, 3.63) is 84.6 Å². The molecule has 0 bridgehead atoms. The van der Waals surface area contributed by atoms with E-state index in [4.69, 9.17) is 0 Å². The van der Waals surface area contributed by atoms with E-state index in [9.17, 15) is 0 Å². The van der Waals surface area contributed by atoms with Crippen molar-refractivity contribution in [3.8, 4) is 0 Å². The first kappa shape index (κ1) is 21.5. The minimum Gasteiger partial charge on any atom is -0.321 e. The van der Waals surface area contributed by atoms with E-state index in [1.54, 1.807) is 0 Å². The molecule has 2 aromatic carbocycles. The summed E-state index contributed by atoms with van der Waals surface area (Å²) in [6, 6.07) is 13.4. The zero-order valence-electron chi connectivity index (χ0n) is 19.1. The molecule has 2 radical (unpaired) electrons. The minimum atomic E-state index is 0.230. The van der Waals surface area contributed by atoms with Gasteiger partial charge in [0.1, 0.15) is 0 Å². The number of hydrogen-bond acceptors (Lipinski definition) is 2. The van der Waals surface area contributed by atoms with Crippen LogP contribution in [0, 0.1) is 13.6 Å². The van der Waals surface area contributed by atoms with Crippen molar-refractivity contribution < 1.29 is 0 Å². The lowest BCUT2D eigenvalue weighted by Crippen LogP contribution is -2.23. The van der Waals surface area contributed by atoms with Gasteiger partial charge in [0, 0.05) is 23.8 Å².